The van der Waals surface area contributed by atoms with Crippen LogP contribution in [0.15, 0.2) is 45.5 Å². The van der Waals surface area contributed by atoms with Gasteiger partial charge in [-0.05, 0) is 34.1 Å². The van der Waals surface area contributed by atoms with Crippen LogP contribution in [0.4, 0.5) is 8.78 Å². The lowest BCUT2D eigenvalue weighted by Gasteiger charge is -2.05. The number of benzene rings is 1. The standard InChI is InChI=1S/C12H7BrF2O3/c13-9-4-5-17-11(9)10(16)7-2-1-3-8(6-7)18-12(14)15/h1-6,12H. The van der Waals surface area contributed by atoms with Crippen molar-refractivity contribution in [3.63, 3.8) is 0 Å². The van der Waals surface area contributed by atoms with Gasteiger partial charge in [0.05, 0.1) is 10.7 Å². The van der Waals surface area contributed by atoms with Gasteiger partial charge < -0.3 is 9.15 Å². The van der Waals surface area contributed by atoms with Crippen LogP contribution in [-0.2, 0) is 0 Å². The normalized spacial score (nSPS) is 10.7. The summed E-state index contributed by atoms with van der Waals surface area (Å²) in [6, 6.07) is 7.12. The minimum absolute atomic E-state index is 0.0708. The Morgan fingerprint density at radius 2 is 2.11 bits per heavy atom. The summed E-state index contributed by atoms with van der Waals surface area (Å²) in [5.74, 6) is -0.366. The molecule has 2 aromatic rings. The summed E-state index contributed by atoms with van der Waals surface area (Å²) in [7, 11) is 0. The van der Waals surface area contributed by atoms with Gasteiger partial charge in [-0.3, -0.25) is 4.79 Å². The topological polar surface area (TPSA) is 39.4 Å². The van der Waals surface area contributed by atoms with Crippen LogP contribution in [0.3, 0.4) is 0 Å². The van der Waals surface area contributed by atoms with E-state index in [1.54, 1.807) is 6.07 Å². The number of carbonyl (C=O) groups excluding carboxylic acids is 1. The molecule has 0 unspecified atom stereocenters. The van der Waals surface area contributed by atoms with E-state index in [4.69, 9.17) is 4.42 Å². The molecule has 0 aliphatic heterocycles. The fraction of sp³-hybridized carbons (Fsp3) is 0.0833. The SMILES string of the molecule is O=C(c1cccc(OC(F)F)c1)c1occc1Br. The molecular formula is C12H7BrF2O3. The molecular weight excluding hydrogens is 310 g/mol. The van der Waals surface area contributed by atoms with Gasteiger partial charge in [0.15, 0.2) is 5.76 Å². The number of alkyl halides is 2. The van der Waals surface area contributed by atoms with Crippen molar-refractivity contribution in [3.8, 4) is 5.75 Å². The molecule has 6 heteroatoms. The molecule has 1 aromatic carbocycles. The van der Waals surface area contributed by atoms with Gasteiger partial charge >= 0.3 is 6.61 Å². The molecule has 94 valence electrons. The molecule has 1 heterocycles. The third kappa shape index (κ3) is 2.76. The minimum atomic E-state index is -2.93. The Hall–Kier alpha value is -1.69. The van der Waals surface area contributed by atoms with Gasteiger partial charge in [-0.1, -0.05) is 12.1 Å². The van der Waals surface area contributed by atoms with Crippen LogP contribution in [0.5, 0.6) is 5.75 Å². The lowest BCUT2D eigenvalue weighted by Crippen LogP contribution is -2.04. The zero-order chi connectivity index (χ0) is 13.1. The van der Waals surface area contributed by atoms with Crippen LogP contribution in [0, 0.1) is 0 Å². The van der Waals surface area contributed by atoms with Crippen LogP contribution in [0.25, 0.3) is 0 Å². The fourth-order valence-electron chi connectivity index (χ4n) is 1.40. The van der Waals surface area contributed by atoms with Gasteiger partial charge in [-0.25, -0.2) is 0 Å². The van der Waals surface area contributed by atoms with Gasteiger partial charge in [0, 0.05) is 5.56 Å². The fourth-order valence-corrected chi connectivity index (χ4v) is 1.78. The molecule has 18 heavy (non-hydrogen) atoms. The van der Waals surface area contributed by atoms with Crippen molar-refractivity contribution in [1.82, 2.24) is 0 Å². The molecule has 0 spiro atoms. The van der Waals surface area contributed by atoms with Crippen LogP contribution in [0.2, 0.25) is 0 Å². The highest BCUT2D eigenvalue weighted by molar-refractivity contribution is 9.10. The van der Waals surface area contributed by atoms with Crippen molar-refractivity contribution in [1.29, 1.82) is 0 Å². The Bertz CT molecular complexity index is 566. The Morgan fingerprint density at radius 3 is 2.72 bits per heavy atom. The molecule has 0 aliphatic rings. The van der Waals surface area contributed by atoms with E-state index in [0.717, 1.165) is 0 Å². The molecule has 0 saturated heterocycles. The Kier molecular flexibility index (Phi) is 3.76. The predicted molar refractivity (Wildman–Crippen MR) is 62.9 cm³/mol. The number of ketones is 1. The van der Waals surface area contributed by atoms with Crippen molar-refractivity contribution < 1.29 is 22.7 Å². The Balaban J connectivity index is 2.29. The van der Waals surface area contributed by atoms with Crippen LogP contribution < -0.4 is 4.74 Å². The maximum Gasteiger partial charge on any atom is 0.387 e. The number of furan rings is 1. The van der Waals surface area contributed by atoms with Crippen molar-refractivity contribution in [3.05, 3.63) is 52.4 Å². The zero-order valence-electron chi connectivity index (χ0n) is 8.90. The second-order valence-corrected chi connectivity index (χ2v) is 4.19. The monoisotopic (exact) mass is 316 g/mol. The minimum Gasteiger partial charge on any atom is -0.460 e. The number of hydrogen-bond donors (Lipinski definition) is 0. The quantitative estimate of drug-likeness (QED) is 0.804. The summed E-state index contributed by atoms with van der Waals surface area (Å²) >= 11 is 3.16. The van der Waals surface area contributed by atoms with E-state index in [1.807, 2.05) is 0 Å². The van der Waals surface area contributed by atoms with Crippen molar-refractivity contribution in [2.75, 3.05) is 0 Å². The molecule has 0 atom stereocenters. The summed E-state index contributed by atoms with van der Waals surface area (Å²) in [6.07, 6.45) is 1.36. The van der Waals surface area contributed by atoms with Gasteiger partial charge in [0.25, 0.3) is 0 Å². The summed E-state index contributed by atoms with van der Waals surface area (Å²) in [5.41, 5.74) is 0.212. The second kappa shape index (κ2) is 5.30. The van der Waals surface area contributed by atoms with E-state index in [0.29, 0.717) is 4.47 Å². The molecule has 0 radical (unpaired) electrons. The summed E-state index contributed by atoms with van der Waals surface area (Å²) in [6.45, 7) is -2.93. The Labute approximate surface area is 109 Å². The van der Waals surface area contributed by atoms with E-state index in [-0.39, 0.29) is 17.1 Å². The first-order chi connectivity index (χ1) is 8.58. The second-order valence-electron chi connectivity index (χ2n) is 3.33. The van der Waals surface area contributed by atoms with E-state index in [1.165, 1.54) is 30.5 Å². The first-order valence-corrected chi connectivity index (χ1v) is 5.70. The smallest absolute Gasteiger partial charge is 0.387 e. The maximum atomic E-state index is 12.1. The number of hydrogen-bond acceptors (Lipinski definition) is 3. The van der Waals surface area contributed by atoms with Crippen molar-refractivity contribution >= 4 is 21.7 Å². The molecule has 0 amide bonds. The first-order valence-electron chi connectivity index (χ1n) is 4.90. The summed E-state index contributed by atoms with van der Waals surface area (Å²) in [4.78, 5) is 12.0. The third-order valence-corrected chi connectivity index (χ3v) is 2.77. The van der Waals surface area contributed by atoms with Crippen LogP contribution in [0.1, 0.15) is 16.1 Å². The third-order valence-electron chi connectivity index (χ3n) is 2.14. The van der Waals surface area contributed by atoms with E-state index >= 15 is 0 Å². The van der Waals surface area contributed by atoms with E-state index in [9.17, 15) is 13.6 Å². The molecule has 1 aromatic heterocycles. The average Bonchev–Trinajstić information content (AvgIpc) is 2.74. The lowest BCUT2D eigenvalue weighted by molar-refractivity contribution is -0.0498. The summed E-state index contributed by atoms with van der Waals surface area (Å²) < 4.78 is 33.9. The molecule has 3 nitrogen and oxygen atoms in total. The number of halogens is 3. The molecule has 0 N–H and O–H groups in total. The largest absolute Gasteiger partial charge is 0.460 e. The zero-order valence-corrected chi connectivity index (χ0v) is 10.5. The van der Waals surface area contributed by atoms with Crippen molar-refractivity contribution in [2.24, 2.45) is 0 Å². The van der Waals surface area contributed by atoms with Crippen molar-refractivity contribution in [2.45, 2.75) is 6.61 Å². The van der Waals surface area contributed by atoms with E-state index < -0.39 is 12.4 Å². The Morgan fingerprint density at radius 1 is 1.33 bits per heavy atom. The summed E-state index contributed by atoms with van der Waals surface area (Å²) in [5, 5.41) is 0. The van der Waals surface area contributed by atoms with Gasteiger partial charge in [0.1, 0.15) is 5.75 Å². The highest BCUT2D eigenvalue weighted by atomic mass is 79.9. The molecule has 0 fully saturated rings. The van der Waals surface area contributed by atoms with Crippen LogP contribution >= 0.6 is 15.9 Å². The van der Waals surface area contributed by atoms with E-state index in [2.05, 4.69) is 20.7 Å². The number of carbonyl (C=O) groups is 1. The molecule has 0 saturated carbocycles. The first kappa shape index (κ1) is 12.8. The molecule has 0 aliphatic carbocycles. The predicted octanol–water partition coefficient (Wildman–Crippen LogP) is 3.87. The highest BCUT2D eigenvalue weighted by Crippen LogP contribution is 2.23. The molecule has 2 rings (SSSR count). The maximum absolute atomic E-state index is 12.1. The number of ether oxygens (including phenoxy) is 1. The van der Waals surface area contributed by atoms with Gasteiger partial charge in [0.2, 0.25) is 5.78 Å². The van der Waals surface area contributed by atoms with Crippen LogP contribution in [-0.4, -0.2) is 12.4 Å². The van der Waals surface area contributed by atoms with Gasteiger partial charge in [-0.2, -0.15) is 8.78 Å². The number of rotatable bonds is 4. The average molecular weight is 317 g/mol. The lowest BCUT2D eigenvalue weighted by atomic mass is 10.1. The highest BCUT2D eigenvalue weighted by Gasteiger charge is 2.17. The van der Waals surface area contributed by atoms with Gasteiger partial charge in [-0.15, -0.1) is 0 Å². The molecule has 0 bridgehead atoms.